The van der Waals surface area contributed by atoms with Crippen LogP contribution in [0.15, 0.2) is 30.3 Å². The maximum atomic E-state index is 11.9. The Kier molecular flexibility index (Phi) is 7.72. The molecule has 0 radical (unpaired) electrons. The Balaban J connectivity index is 1.72. The van der Waals surface area contributed by atoms with Gasteiger partial charge in [0.1, 0.15) is 0 Å². The predicted octanol–water partition coefficient (Wildman–Crippen LogP) is 2.75. The number of carbonyl (C=O) groups is 1. The Morgan fingerprint density at radius 1 is 1.24 bits per heavy atom. The summed E-state index contributed by atoms with van der Waals surface area (Å²) in [4.78, 5) is 14.4. The van der Waals surface area contributed by atoms with E-state index in [9.17, 15) is 9.90 Å². The van der Waals surface area contributed by atoms with Crippen molar-refractivity contribution in [3.05, 3.63) is 35.9 Å². The predicted molar refractivity (Wildman–Crippen MR) is 101 cm³/mol. The minimum Gasteiger partial charge on any atom is -0.390 e. The molecule has 1 fully saturated rings. The molecule has 140 valence electrons. The molecule has 5 heteroatoms. The summed E-state index contributed by atoms with van der Waals surface area (Å²) < 4.78 is 0. The summed E-state index contributed by atoms with van der Waals surface area (Å²) in [6.45, 7) is 7.83. The molecule has 0 aromatic heterocycles. The first-order valence-corrected chi connectivity index (χ1v) is 9.43. The first-order valence-electron chi connectivity index (χ1n) is 9.43. The van der Waals surface area contributed by atoms with Crippen LogP contribution in [0.5, 0.6) is 0 Å². The number of nitrogens with zero attached hydrogens (tertiary/aromatic N) is 1. The minimum atomic E-state index is -0.744. The number of likely N-dealkylation sites (tertiary alicyclic amines) is 1. The average Bonchev–Trinajstić information content (AvgIpc) is 2.78. The van der Waals surface area contributed by atoms with Gasteiger partial charge in [-0.05, 0) is 51.1 Å². The van der Waals surface area contributed by atoms with E-state index in [0.29, 0.717) is 25.4 Å². The number of rotatable bonds is 7. The smallest absolute Gasteiger partial charge is 0.314 e. The number of aliphatic hydroxyl groups is 1. The molecule has 1 atom stereocenters. The second-order valence-electron chi connectivity index (χ2n) is 7.78. The average molecular weight is 348 g/mol. The van der Waals surface area contributed by atoms with E-state index in [-0.39, 0.29) is 6.03 Å². The van der Waals surface area contributed by atoms with Crippen LogP contribution in [0.3, 0.4) is 0 Å². The summed E-state index contributed by atoms with van der Waals surface area (Å²) in [5, 5.41) is 15.5. The Morgan fingerprint density at radius 3 is 2.72 bits per heavy atom. The molecule has 25 heavy (non-hydrogen) atoms. The van der Waals surface area contributed by atoms with Crippen molar-refractivity contribution in [2.75, 3.05) is 26.2 Å². The van der Waals surface area contributed by atoms with Gasteiger partial charge >= 0.3 is 6.03 Å². The standard InChI is InChI=1S/C20H33N3O2/c1-20(2,25)11-12-21-19(24)22-14-18-10-6-7-13-23(16-18)15-17-8-4-3-5-9-17/h3-5,8-9,18,25H,6-7,10-16H2,1-2H3,(H2,21,22,24). The number of hydrogen-bond acceptors (Lipinski definition) is 3. The highest BCUT2D eigenvalue weighted by molar-refractivity contribution is 5.73. The van der Waals surface area contributed by atoms with E-state index in [2.05, 4.69) is 45.9 Å². The lowest BCUT2D eigenvalue weighted by molar-refractivity contribution is 0.0719. The monoisotopic (exact) mass is 347 g/mol. The molecule has 1 unspecified atom stereocenters. The Hall–Kier alpha value is -1.59. The molecule has 3 N–H and O–H groups in total. The van der Waals surface area contributed by atoms with Crippen molar-refractivity contribution in [3.63, 3.8) is 0 Å². The van der Waals surface area contributed by atoms with Crippen molar-refractivity contribution in [3.8, 4) is 0 Å². The van der Waals surface area contributed by atoms with Crippen LogP contribution in [-0.2, 0) is 6.54 Å². The summed E-state index contributed by atoms with van der Waals surface area (Å²) in [6, 6.07) is 10.4. The van der Waals surface area contributed by atoms with Gasteiger partial charge in [-0.3, -0.25) is 4.90 Å². The molecule has 1 saturated heterocycles. The van der Waals surface area contributed by atoms with Crippen molar-refractivity contribution >= 4 is 6.03 Å². The van der Waals surface area contributed by atoms with Crippen LogP contribution < -0.4 is 10.6 Å². The molecule has 2 amide bonds. The third-order valence-electron chi connectivity index (χ3n) is 4.68. The van der Waals surface area contributed by atoms with Gasteiger partial charge in [0.2, 0.25) is 0 Å². The molecule has 1 aromatic carbocycles. The summed E-state index contributed by atoms with van der Waals surface area (Å²) >= 11 is 0. The lowest BCUT2D eigenvalue weighted by atomic mass is 10.0. The summed E-state index contributed by atoms with van der Waals surface area (Å²) in [7, 11) is 0. The molecule has 0 bridgehead atoms. The lowest BCUT2D eigenvalue weighted by Crippen LogP contribution is -2.42. The zero-order valence-corrected chi connectivity index (χ0v) is 15.6. The first-order chi connectivity index (χ1) is 11.9. The molecule has 1 heterocycles. The Morgan fingerprint density at radius 2 is 2.00 bits per heavy atom. The molecule has 5 nitrogen and oxygen atoms in total. The fraction of sp³-hybridized carbons (Fsp3) is 0.650. The molecule has 0 aliphatic carbocycles. The van der Waals surface area contributed by atoms with Crippen LogP contribution in [0.1, 0.15) is 45.1 Å². The maximum Gasteiger partial charge on any atom is 0.314 e. The van der Waals surface area contributed by atoms with Gasteiger partial charge in [0, 0.05) is 26.2 Å². The van der Waals surface area contributed by atoms with Crippen LogP contribution in [0.25, 0.3) is 0 Å². The van der Waals surface area contributed by atoms with Crippen LogP contribution in [-0.4, -0.2) is 47.8 Å². The van der Waals surface area contributed by atoms with E-state index in [1.807, 2.05) is 0 Å². The summed E-state index contributed by atoms with van der Waals surface area (Å²) in [5.41, 5.74) is 0.604. The largest absolute Gasteiger partial charge is 0.390 e. The number of carbonyl (C=O) groups excluding carboxylic acids is 1. The third-order valence-corrected chi connectivity index (χ3v) is 4.68. The summed E-state index contributed by atoms with van der Waals surface area (Å²) in [6.07, 6.45) is 4.16. The fourth-order valence-electron chi connectivity index (χ4n) is 3.25. The van der Waals surface area contributed by atoms with Crippen molar-refractivity contribution in [1.29, 1.82) is 0 Å². The van der Waals surface area contributed by atoms with E-state index in [1.54, 1.807) is 13.8 Å². The van der Waals surface area contributed by atoms with E-state index in [0.717, 1.165) is 26.1 Å². The topological polar surface area (TPSA) is 64.6 Å². The van der Waals surface area contributed by atoms with Gasteiger partial charge in [0.15, 0.2) is 0 Å². The first kappa shape index (κ1) is 19.7. The second-order valence-corrected chi connectivity index (χ2v) is 7.78. The van der Waals surface area contributed by atoms with Crippen LogP contribution >= 0.6 is 0 Å². The molecule has 2 rings (SSSR count). The number of amides is 2. The lowest BCUT2D eigenvalue weighted by Gasteiger charge is -2.24. The number of nitrogens with one attached hydrogen (secondary N) is 2. The van der Waals surface area contributed by atoms with Gasteiger partial charge in [-0.1, -0.05) is 36.8 Å². The molecule has 0 spiro atoms. The number of urea groups is 1. The number of hydrogen-bond donors (Lipinski definition) is 3. The quantitative estimate of drug-likeness (QED) is 0.711. The molecule has 1 aliphatic heterocycles. The van der Waals surface area contributed by atoms with Crippen molar-refractivity contribution < 1.29 is 9.90 Å². The highest BCUT2D eigenvalue weighted by Crippen LogP contribution is 2.18. The third kappa shape index (κ3) is 8.36. The van der Waals surface area contributed by atoms with Gasteiger partial charge in [-0.2, -0.15) is 0 Å². The van der Waals surface area contributed by atoms with Gasteiger partial charge in [0.05, 0.1) is 5.60 Å². The van der Waals surface area contributed by atoms with E-state index in [4.69, 9.17) is 0 Å². The molecule has 1 aliphatic rings. The highest BCUT2D eigenvalue weighted by atomic mass is 16.3. The van der Waals surface area contributed by atoms with E-state index < -0.39 is 5.60 Å². The fourth-order valence-corrected chi connectivity index (χ4v) is 3.25. The second kappa shape index (κ2) is 9.78. The SMILES string of the molecule is CC(C)(O)CCNC(=O)NCC1CCCCN(Cc2ccccc2)C1. The molecule has 1 aromatic rings. The number of benzene rings is 1. The van der Waals surface area contributed by atoms with E-state index in [1.165, 1.54) is 18.4 Å². The zero-order valence-electron chi connectivity index (χ0n) is 15.6. The van der Waals surface area contributed by atoms with Gasteiger partial charge in [0.25, 0.3) is 0 Å². The Labute approximate surface area is 151 Å². The molecule has 0 saturated carbocycles. The highest BCUT2D eigenvalue weighted by Gasteiger charge is 2.19. The van der Waals surface area contributed by atoms with E-state index >= 15 is 0 Å². The van der Waals surface area contributed by atoms with Crippen molar-refractivity contribution in [1.82, 2.24) is 15.5 Å². The van der Waals surface area contributed by atoms with Crippen LogP contribution in [0, 0.1) is 5.92 Å². The van der Waals surface area contributed by atoms with Crippen molar-refractivity contribution in [2.24, 2.45) is 5.92 Å². The van der Waals surface area contributed by atoms with Gasteiger partial charge in [-0.25, -0.2) is 4.79 Å². The van der Waals surface area contributed by atoms with Gasteiger partial charge in [-0.15, -0.1) is 0 Å². The molecular weight excluding hydrogens is 314 g/mol. The van der Waals surface area contributed by atoms with Crippen molar-refractivity contribution in [2.45, 2.75) is 51.7 Å². The normalized spacial score (nSPS) is 19.2. The van der Waals surface area contributed by atoms with Crippen LogP contribution in [0.2, 0.25) is 0 Å². The van der Waals surface area contributed by atoms with Gasteiger partial charge < -0.3 is 15.7 Å². The Bertz CT molecular complexity index is 513. The molecular formula is C20H33N3O2. The van der Waals surface area contributed by atoms with Crippen LogP contribution in [0.4, 0.5) is 4.79 Å². The summed E-state index contributed by atoms with van der Waals surface area (Å²) in [5.74, 6) is 0.492. The maximum absolute atomic E-state index is 11.9. The minimum absolute atomic E-state index is 0.136. The zero-order chi connectivity index (χ0) is 18.1.